The number of nitrogens with one attached hydrogen (secondary N) is 1. The number of para-hydroxylation sites is 1. The van der Waals surface area contributed by atoms with Gasteiger partial charge in [0, 0.05) is 31.7 Å². The number of morpholine rings is 1. The third-order valence-electron chi connectivity index (χ3n) is 7.12. The molecule has 2 amide bonds. The SMILES string of the molecule is CCC(C)(C)NC(=O)[C@@H](c1ccc(OC)cc1)N(CCN1CCOCC1)C(=O)Cn1nnc2ccccc21. The van der Waals surface area contributed by atoms with Gasteiger partial charge in [-0.3, -0.25) is 14.5 Å². The van der Waals surface area contributed by atoms with Gasteiger partial charge in [0.05, 0.1) is 25.8 Å². The third-order valence-corrected chi connectivity index (χ3v) is 7.12. The Morgan fingerprint density at radius 1 is 1.13 bits per heavy atom. The molecule has 38 heavy (non-hydrogen) atoms. The second-order valence-electron chi connectivity index (χ2n) is 10.2. The molecule has 1 aliphatic heterocycles. The van der Waals surface area contributed by atoms with Crippen molar-refractivity contribution in [1.82, 2.24) is 30.1 Å². The molecule has 0 aliphatic carbocycles. The molecule has 0 bridgehead atoms. The monoisotopic (exact) mass is 522 g/mol. The summed E-state index contributed by atoms with van der Waals surface area (Å²) in [5, 5.41) is 11.6. The molecule has 2 heterocycles. The van der Waals surface area contributed by atoms with Gasteiger partial charge in [0.15, 0.2) is 0 Å². The Morgan fingerprint density at radius 2 is 1.84 bits per heavy atom. The Bertz CT molecular complexity index is 1220. The minimum absolute atomic E-state index is 0.0271. The van der Waals surface area contributed by atoms with Crippen molar-refractivity contribution in [2.45, 2.75) is 45.3 Å². The maximum Gasteiger partial charge on any atom is 0.247 e. The molecule has 10 nitrogen and oxygen atoms in total. The largest absolute Gasteiger partial charge is 0.497 e. The number of ether oxygens (including phenoxy) is 2. The van der Waals surface area contributed by atoms with E-state index < -0.39 is 11.6 Å². The molecule has 0 radical (unpaired) electrons. The molecule has 4 rings (SSSR count). The number of rotatable bonds is 11. The standard InChI is InChI=1S/C28H38N6O4/c1-5-28(2,3)29-27(36)26(21-10-12-22(37-4)13-11-21)33(15-14-32-16-18-38-19-17-32)25(35)20-34-24-9-7-6-8-23(24)30-31-34/h6-13,26H,5,14-20H2,1-4H3,(H,29,36)/t26-/m1/s1. The summed E-state index contributed by atoms with van der Waals surface area (Å²) in [4.78, 5) is 31.8. The molecule has 0 unspecified atom stereocenters. The highest BCUT2D eigenvalue weighted by molar-refractivity contribution is 5.89. The van der Waals surface area contributed by atoms with Gasteiger partial charge >= 0.3 is 0 Å². The van der Waals surface area contributed by atoms with E-state index in [1.165, 1.54) is 0 Å². The molecule has 1 atom stereocenters. The van der Waals surface area contributed by atoms with Gasteiger partial charge in [-0.2, -0.15) is 0 Å². The first-order chi connectivity index (χ1) is 18.3. The van der Waals surface area contributed by atoms with Crippen molar-refractivity contribution in [3.05, 3.63) is 54.1 Å². The van der Waals surface area contributed by atoms with Crippen molar-refractivity contribution in [3.63, 3.8) is 0 Å². The number of aromatic nitrogens is 3. The Balaban J connectivity index is 1.68. The number of methoxy groups -OCH3 is 1. The highest BCUT2D eigenvalue weighted by Crippen LogP contribution is 2.26. The first-order valence-corrected chi connectivity index (χ1v) is 13.1. The maximum absolute atomic E-state index is 14.0. The van der Waals surface area contributed by atoms with Gasteiger partial charge < -0.3 is 19.7 Å². The molecule has 1 aliphatic rings. The molecule has 204 valence electrons. The first-order valence-electron chi connectivity index (χ1n) is 13.1. The molecule has 1 saturated heterocycles. The number of amides is 2. The first kappa shape index (κ1) is 27.5. The smallest absolute Gasteiger partial charge is 0.247 e. The average Bonchev–Trinajstić information content (AvgIpc) is 3.34. The number of fused-ring (bicyclic) bond motifs is 1. The maximum atomic E-state index is 14.0. The minimum Gasteiger partial charge on any atom is -0.497 e. The summed E-state index contributed by atoms with van der Waals surface area (Å²) in [6, 6.07) is 14.0. The lowest BCUT2D eigenvalue weighted by molar-refractivity contribution is -0.142. The highest BCUT2D eigenvalue weighted by Gasteiger charge is 2.34. The van der Waals surface area contributed by atoms with E-state index in [9.17, 15) is 9.59 Å². The van der Waals surface area contributed by atoms with Crippen molar-refractivity contribution in [2.24, 2.45) is 0 Å². The summed E-state index contributed by atoms with van der Waals surface area (Å²) >= 11 is 0. The van der Waals surface area contributed by atoms with Gasteiger partial charge in [0.25, 0.3) is 0 Å². The van der Waals surface area contributed by atoms with Crippen molar-refractivity contribution < 1.29 is 19.1 Å². The third kappa shape index (κ3) is 6.68. The van der Waals surface area contributed by atoms with Crippen LogP contribution in [-0.4, -0.2) is 88.6 Å². The quantitative estimate of drug-likeness (QED) is 0.413. The zero-order valence-electron chi connectivity index (χ0n) is 22.7. The van der Waals surface area contributed by atoms with Gasteiger partial charge in [0.2, 0.25) is 11.8 Å². The summed E-state index contributed by atoms with van der Waals surface area (Å²) in [5.41, 5.74) is 1.78. The van der Waals surface area contributed by atoms with Crippen LogP contribution in [0.3, 0.4) is 0 Å². The predicted molar refractivity (Wildman–Crippen MR) is 145 cm³/mol. The van der Waals surface area contributed by atoms with Gasteiger partial charge in [-0.05, 0) is 50.1 Å². The van der Waals surface area contributed by atoms with Crippen LogP contribution in [0.2, 0.25) is 0 Å². The Labute approximate surface area is 223 Å². The van der Waals surface area contributed by atoms with Crippen LogP contribution in [-0.2, 0) is 20.9 Å². The minimum atomic E-state index is -0.824. The fourth-order valence-electron chi connectivity index (χ4n) is 4.47. The lowest BCUT2D eigenvalue weighted by Gasteiger charge is -2.36. The molecule has 0 spiro atoms. The highest BCUT2D eigenvalue weighted by atomic mass is 16.5. The normalized spacial score (nSPS) is 15.3. The summed E-state index contributed by atoms with van der Waals surface area (Å²) in [5.74, 6) is 0.252. The molecule has 1 N–H and O–H groups in total. The van der Waals surface area contributed by atoms with Crippen LogP contribution in [0.15, 0.2) is 48.5 Å². The molecular formula is C28H38N6O4. The van der Waals surface area contributed by atoms with Crippen molar-refractivity contribution in [2.75, 3.05) is 46.5 Å². The number of hydrogen-bond donors (Lipinski definition) is 1. The Morgan fingerprint density at radius 3 is 2.53 bits per heavy atom. The van der Waals surface area contributed by atoms with Crippen molar-refractivity contribution in [3.8, 4) is 5.75 Å². The van der Waals surface area contributed by atoms with Crippen LogP contribution in [0, 0.1) is 0 Å². The molecule has 10 heteroatoms. The fourth-order valence-corrected chi connectivity index (χ4v) is 4.47. The zero-order chi connectivity index (χ0) is 27.1. The van der Waals surface area contributed by atoms with E-state index in [0.717, 1.165) is 25.0 Å². The van der Waals surface area contributed by atoms with E-state index in [-0.39, 0.29) is 18.4 Å². The molecule has 0 saturated carbocycles. The molecular weight excluding hydrogens is 484 g/mol. The van der Waals surface area contributed by atoms with E-state index in [0.29, 0.717) is 43.1 Å². The summed E-state index contributed by atoms with van der Waals surface area (Å²) in [6.07, 6.45) is 0.751. The number of carbonyl (C=O) groups is 2. The van der Waals surface area contributed by atoms with Crippen molar-refractivity contribution in [1.29, 1.82) is 0 Å². The van der Waals surface area contributed by atoms with Gasteiger partial charge in [0.1, 0.15) is 23.9 Å². The molecule has 1 fully saturated rings. The second kappa shape index (κ2) is 12.4. The van der Waals surface area contributed by atoms with Gasteiger partial charge in [-0.25, -0.2) is 4.68 Å². The van der Waals surface area contributed by atoms with E-state index in [4.69, 9.17) is 9.47 Å². The van der Waals surface area contributed by atoms with E-state index in [1.54, 1.807) is 16.7 Å². The number of benzene rings is 2. The fraction of sp³-hybridized carbons (Fsp3) is 0.500. The van der Waals surface area contributed by atoms with Crippen LogP contribution in [0.1, 0.15) is 38.8 Å². The second-order valence-corrected chi connectivity index (χ2v) is 10.2. The van der Waals surface area contributed by atoms with Crippen LogP contribution >= 0.6 is 0 Å². The topological polar surface area (TPSA) is 102 Å². The number of carbonyl (C=O) groups excluding carboxylic acids is 2. The zero-order valence-corrected chi connectivity index (χ0v) is 22.7. The summed E-state index contributed by atoms with van der Waals surface area (Å²) in [7, 11) is 1.60. The van der Waals surface area contributed by atoms with Crippen LogP contribution in [0.25, 0.3) is 11.0 Å². The van der Waals surface area contributed by atoms with Crippen LogP contribution in [0.5, 0.6) is 5.75 Å². The van der Waals surface area contributed by atoms with E-state index in [2.05, 4.69) is 20.5 Å². The molecule has 3 aromatic rings. The van der Waals surface area contributed by atoms with Gasteiger partial charge in [-0.1, -0.05) is 36.4 Å². The van der Waals surface area contributed by atoms with Crippen LogP contribution < -0.4 is 10.1 Å². The summed E-state index contributed by atoms with van der Waals surface area (Å²) in [6.45, 7) is 9.87. The average molecular weight is 523 g/mol. The van der Waals surface area contributed by atoms with E-state index >= 15 is 0 Å². The lowest BCUT2D eigenvalue weighted by atomic mass is 9.98. The van der Waals surface area contributed by atoms with Crippen molar-refractivity contribution >= 4 is 22.8 Å². The predicted octanol–water partition coefficient (Wildman–Crippen LogP) is 2.65. The molecule has 2 aromatic carbocycles. The molecule has 1 aromatic heterocycles. The number of nitrogens with zero attached hydrogens (tertiary/aromatic N) is 5. The number of hydrogen-bond acceptors (Lipinski definition) is 7. The van der Waals surface area contributed by atoms with E-state index in [1.807, 2.05) is 69.3 Å². The lowest BCUT2D eigenvalue weighted by Crippen LogP contribution is -2.52. The van der Waals surface area contributed by atoms with Gasteiger partial charge in [-0.15, -0.1) is 5.10 Å². The Hall–Kier alpha value is -3.50. The Kier molecular flexibility index (Phi) is 8.96. The summed E-state index contributed by atoms with van der Waals surface area (Å²) < 4.78 is 12.4. The van der Waals surface area contributed by atoms with Crippen LogP contribution in [0.4, 0.5) is 0 Å².